The van der Waals surface area contributed by atoms with E-state index >= 15 is 0 Å². The third kappa shape index (κ3) is 3.97. The van der Waals surface area contributed by atoms with Crippen molar-refractivity contribution in [3.05, 3.63) is 66.4 Å². The quantitative estimate of drug-likeness (QED) is 0.647. The summed E-state index contributed by atoms with van der Waals surface area (Å²) in [6, 6.07) is 17.2. The number of amides is 2. The summed E-state index contributed by atoms with van der Waals surface area (Å²) < 4.78 is 10.8. The van der Waals surface area contributed by atoms with Crippen molar-refractivity contribution in [3.63, 3.8) is 0 Å². The molecular formula is C24H25N5O3. The summed E-state index contributed by atoms with van der Waals surface area (Å²) in [6.07, 6.45) is 3.35. The molecule has 8 heteroatoms. The van der Waals surface area contributed by atoms with Crippen molar-refractivity contribution < 1.29 is 14.3 Å². The third-order valence-corrected chi connectivity index (χ3v) is 5.81. The Hall–Kier alpha value is -3.65. The Balaban J connectivity index is 1.51. The topological polar surface area (TPSA) is 79.8 Å². The van der Waals surface area contributed by atoms with Crippen LogP contribution in [0.15, 0.2) is 60.8 Å². The Bertz CT molecular complexity index is 1080. The zero-order valence-electron chi connectivity index (χ0n) is 17.9. The maximum atomic E-state index is 13.7. The minimum Gasteiger partial charge on any atom is -0.497 e. The van der Waals surface area contributed by atoms with Crippen molar-refractivity contribution in [3.8, 4) is 5.75 Å². The summed E-state index contributed by atoms with van der Waals surface area (Å²) in [7, 11) is 1.63. The molecular weight excluding hydrogens is 406 g/mol. The van der Waals surface area contributed by atoms with E-state index in [-0.39, 0.29) is 12.1 Å². The number of ether oxygens (including phenoxy) is 2. The molecule has 1 saturated heterocycles. The maximum Gasteiger partial charge on any atom is 0.330 e. The summed E-state index contributed by atoms with van der Waals surface area (Å²) in [5, 5.41) is 3.24. The standard InChI is InChI=1S/C24H25N5O3/c1-31-21-9-7-19(8-10-21)28-16-17-15-25-23(26-18-5-3-2-4-6-18)27-22(17)29(24(28)30)20-11-13-32-14-12-20/h2-10,15,20H,11-14,16H2,1H3,(H,25,26,27). The van der Waals surface area contributed by atoms with Gasteiger partial charge in [0.25, 0.3) is 0 Å². The second kappa shape index (κ2) is 8.84. The molecule has 2 amide bonds. The van der Waals surface area contributed by atoms with Crippen LogP contribution < -0.4 is 19.9 Å². The van der Waals surface area contributed by atoms with Crippen molar-refractivity contribution in [2.24, 2.45) is 0 Å². The van der Waals surface area contributed by atoms with Gasteiger partial charge in [-0.1, -0.05) is 18.2 Å². The first-order valence-corrected chi connectivity index (χ1v) is 10.7. The van der Waals surface area contributed by atoms with Crippen LogP contribution in [0.25, 0.3) is 0 Å². The van der Waals surface area contributed by atoms with Crippen molar-refractivity contribution >= 4 is 29.2 Å². The van der Waals surface area contributed by atoms with Crippen LogP contribution in [0.1, 0.15) is 18.4 Å². The van der Waals surface area contributed by atoms with Crippen LogP contribution >= 0.6 is 0 Å². The van der Waals surface area contributed by atoms with Crippen LogP contribution in [-0.2, 0) is 11.3 Å². The Kier molecular flexibility index (Phi) is 5.60. The van der Waals surface area contributed by atoms with Gasteiger partial charge in [0.2, 0.25) is 5.95 Å². The van der Waals surface area contributed by atoms with Gasteiger partial charge in [0.05, 0.1) is 13.7 Å². The molecule has 0 bridgehead atoms. The molecule has 5 rings (SSSR count). The SMILES string of the molecule is COc1ccc(N2Cc3cnc(Nc4ccccc4)nc3N(C3CCOCC3)C2=O)cc1. The molecule has 2 aromatic carbocycles. The lowest BCUT2D eigenvalue weighted by atomic mass is 10.0. The predicted molar refractivity (Wildman–Crippen MR) is 123 cm³/mol. The third-order valence-electron chi connectivity index (χ3n) is 5.81. The van der Waals surface area contributed by atoms with Gasteiger partial charge in [-0.2, -0.15) is 4.98 Å². The highest BCUT2D eigenvalue weighted by Gasteiger charge is 2.38. The molecule has 2 aliphatic heterocycles. The van der Waals surface area contributed by atoms with Gasteiger partial charge in [0, 0.05) is 42.4 Å². The molecule has 3 aromatic rings. The number of rotatable bonds is 5. The number of nitrogens with zero attached hydrogens (tertiary/aromatic N) is 4. The van der Waals surface area contributed by atoms with Gasteiger partial charge in [0.1, 0.15) is 11.6 Å². The van der Waals surface area contributed by atoms with Gasteiger partial charge in [-0.25, -0.2) is 9.78 Å². The molecule has 32 heavy (non-hydrogen) atoms. The Morgan fingerprint density at radius 2 is 1.81 bits per heavy atom. The predicted octanol–water partition coefficient (Wildman–Crippen LogP) is 4.35. The molecule has 0 unspecified atom stereocenters. The number of carbonyl (C=O) groups is 1. The number of anilines is 4. The summed E-state index contributed by atoms with van der Waals surface area (Å²) in [5.74, 6) is 1.89. The van der Waals surface area contributed by atoms with Gasteiger partial charge in [-0.15, -0.1) is 0 Å². The van der Waals surface area contributed by atoms with Crippen LogP contribution in [0.3, 0.4) is 0 Å². The number of methoxy groups -OCH3 is 1. The van der Waals surface area contributed by atoms with Crippen LogP contribution in [0.2, 0.25) is 0 Å². The highest BCUT2D eigenvalue weighted by atomic mass is 16.5. The molecule has 0 saturated carbocycles. The first kappa shape index (κ1) is 20.3. The number of hydrogen-bond donors (Lipinski definition) is 1. The normalized spacial score (nSPS) is 16.6. The van der Waals surface area contributed by atoms with E-state index in [0.717, 1.165) is 35.5 Å². The fraction of sp³-hybridized carbons (Fsp3) is 0.292. The van der Waals surface area contributed by atoms with Crippen molar-refractivity contribution in [2.45, 2.75) is 25.4 Å². The van der Waals surface area contributed by atoms with Gasteiger partial charge < -0.3 is 14.8 Å². The van der Waals surface area contributed by atoms with E-state index < -0.39 is 0 Å². The first-order valence-electron chi connectivity index (χ1n) is 10.7. The second-order valence-electron chi connectivity index (χ2n) is 7.81. The van der Waals surface area contributed by atoms with Crippen molar-refractivity contribution in [1.82, 2.24) is 9.97 Å². The average molecular weight is 431 g/mol. The number of aromatic nitrogens is 2. The minimum absolute atomic E-state index is 0.0236. The van der Waals surface area contributed by atoms with Gasteiger partial charge in [0.15, 0.2) is 0 Å². The molecule has 0 spiro atoms. The Morgan fingerprint density at radius 1 is 1.06 bits per heavy atom. The van der Waals surface area contributed by atoms with Crippen LogP contribution in [0.4, 0.5) is 27.9 Å². The fourth-order valence-electron chi connectivity index (χ4n) is 4.12. The summed E-state index contributed by atoms with van der Waals surface area (Å²) in [5.41, 5.74) is 2.61. The summed E-state index contributed by atoms with van der Waals surface area (Å²) >= 11 is 0. The molecule has 1 N–H and O–H groups in total. The summed E-state index contributed by atoms with van der Waals surface area (Å²) in [6.45, 7) is 1.67. The average Bonchev–Trinajstić information content (AvgIpc) is 2.85. The van der Waals surface area contributed by atoms with Gasteiger partial charge in [-0.05, 0) is 49.2 Å². The number of fused-ring (bicyclic) bond motifs is 1. The summed E-state index contributed by atoms with van der Waals surface area (Å²) in [4.78, 5) is 26.6. The number of hydrogen-bond acceptors (Lipinski definition) is 6. The monoisotopic (exact) mass is 431 g/mol. The van der Waals surface area contributed by atoms with E-state index in [0.29, 0.717) is 31.5 Å². The number of nitrogens with one attached hydrogen (secondary N) is 1. The van der Waals surface area contributed by atoms with E-state index in [9.17, 15) is 4.79 Å². The van der Waals surface area contributed by atoms with E-state index in [4.69, 9.17) is 14.5 Å². The largest absolute Gasteiger partial charge is 0.497 e. The smallest absolute Gasteiger partial charge is 0.330 e. The lowest BCUT2D eigenvalue weighted by Crippen LogP contribution is -2.53. The molecule has 0 atom stereocenters. The van der Waals surface area contributed by atoms with Crippen molar-refractivity contribution in [2.75, 3.05) is 35.4 Å². The zero-order chi connectivity index (χ0) is 21.9. The number of para-hydroxylation sites is 1. The molecule has 164 valence electrons. The van der Waals surface area contributed by atoms with E-state index in [1.165, 1.54) is 0 Å². The molecule has 0 aliphatic carbocycles. The Labute approximate surface area is 186 Å². The fourth-order valence-corrected chi connectivity index (χ4v) is 4.12. The molecule has 0 radical (unpaired) electrons. The van der Waals surface area contributed by atoms with Gasteiger partial charge >= 0.3 is 6.03 Å². The minimum atomic E-state index is -0.0843. The van der Waals surface area contributed by atoms with Crippen LogP contribution in [0, 0.1) is 0 Å². The highest BCUT2D eigenvalue weighted by Crippen LogP contribution is 2.35. The lowest BCUT2D eigenvalue weighted by molar-refractivity contribution is 0.0854. The van der Waals surface area contributed by atoms with Crippen LogP contribution in [0.5, 0.6) is 5.75 Å². The number of urea groups is 1. The lowest BCUT2D eigenvalue weighted by Gasteiger charge is -2.41. The van der Waals surface area contributed by atoms with Crippen LogP contribution in [-0.4, -0.2) is 42.4 Å². The first-order chi connectivity index (χ1) is 15.7. The maximum absolute atomic E-state index is 13.7. The highest BCUT2D eigenvalue weighted by molar-refractivity contribution is 6.06. The van der Waals surface area contributed by atoms with Crippen molar-refractivity contribution in [1.29, 1.82) is 0 Å². The van der Waals surface area contributed by atoms with E-state index in [2.05, 4.69) is 10.3 Å². The zero-order valence-corrected chi connectivity index (χ0v) is 17.9. The number of carbonyl (C=O) groups excluding carboxylic acids is 1. The molecule has 8 nitrogen and oxygen atoms in total. The van der Waals surface area contributed by atoms with E-state index in [1.807, 2.05) is 65.7 Å². The van der Waals surface area contributed by atoms with Gasteiger partial charge in [-0.3, -0.25) is 9.80 Å². The second-order valence-corrected chi connectivity index (χ2v) is 7.81. The number of benzene rings is 2. The molecule has 1 fully saturated rings. The Morgan fingerprint density at radius 3 is 2.53 bits per heavy atom. The molecule has 2 aliphatic rings. The van der Waals surface area contributed by atoms with E-state index in [1.54, 1.807) is 12.0 Å². The molecule has 3 heterocycles. The molecule has 1 aromatic heterocycles.